The molecule has 1 atom stereocenters. The van der Waals surface area contributed by atoms with Crippen molar-refractivity contribution in [1.82, 2.24) is 4.90 Å². The lowest BCUT2D eigenvalue weighted by atomic mass is 10.1. The number of hydrogen-bond acceptors (Lipinski definition) is 4. The van der Waals surface area contributed by atoms with Crippen LogP contribution in [0.15, 0.2) is 18.2 Å². The van der Waals surface area contributed by atoms with Crippen molar-refractivity contribution in [3.05, 3.63) is 29.3 Å². The Morgan fingerprint density at radius 1 is 1.30 bits per heavy atom. The van der Waals surface area contributed by atoms with Gasteiger partial charge >= 0.3 is 0 Å². The number of ether oxygens (including phenoxy) is 2. The van der Waals surface area contributed by atoms with E-state index in [0.717, 1.165) is 37.6 Å². The zero-order valence-corrected chi connectivity index (χ0v) is 13.0. The Labute approximate surface area is 127 Å². The van der Waals surface area contributed by atoms with Crippen LogP contribution in [0.25, 0.3) is 0 Å². The molecule has 0 spiro atoms. The molecule has 2 rings (SSSR count). The molecule has 1 aliphatic heterocycles. The van der Waals surface area contributed by atoms with Crippen LogP contribution in [0.1, 0.15) is 11.1 Å². The number of rotatable bonds is 5. The zero-order valence-electron chi connectivity index (χ0n) is 12.2. The molecule has 0 radical (unpaired) electrons. The van der Waals surface area contributed by atoms with Crippen LogP contribution >= 0.6 is 12.4 Å². The Morgan fingerprint density at radius 3 is 2.65 bits per heavy atom. The van der Waals surface area contributed by atoms with Crippen LogP contribution < -0.4 is 4.74 Å². The van der Waals surface area contributed by atoms with E-state index in [9.17, 15) is 5.11 Å². The van der Waals surface area contributed by atoms with E-state index in [4.69, 9.17) is 9.47 Å². The quantitative estimate of drug-likeness (QED) is 0.900. The fourth-order valence-electron chi connectivity index (χ4n) is 2.28. The van der Waals surface area contributed by atoms with Gasteiger partial charge in [-0.25, -0.2) is 0 Å². The lowest BCUT2D eigenvalue weighted by Gasteiger charge is -2.28. The summed E-state index contributed by atoms with van der Waals surface area (Å²) < 4.78 is 11.0. The highest BCUT2D eigenvalue weighted by molar-refractivity contribution is 5.85. The molecule has 0 amide bonds. The Bertz CT molecular complexity index is 408. The van der Waals surface area contributed by atoms with Gasteiger partial charge in [-0.3, -0.25) is 4.90 Å². The number of nitrogens with zero attached hydrogens (tertiary/aromatic N) is 1. The number of halogens is 1. The molecule has 1 unspecified atom stereocenters. The van der Waals surface area contributed by atoms with Gasteiger partial charge in [-0.15, -0.1) is 12.4 Å². The summed E-state index contributed by atoms with van der Waals surface area (Å²) in [5.41, 5.74) is 2.33. The van der Waals surface area contributed by atoms with Crippen LogP contribution in [0.2, 0.25) is 0 Å². The molecule has 0 aromatic heterocycles. The SMILES string of the molecule is Cc1ccc(OCC(O)CN2CCOCC2)c(C)c1.Cl. The first-order valence-electron chi connectivity index (χ1n) is 6.83. The second kappa shape index (κ2) is 8.47. The van der Waals surface area contributed by atoms with Gasteiger partial charge in [0.25, 0.3) is 0 Å². The zero-order chi connectivity index (χ0) is 13.7. The van der Waals surface area contributed by atoms with Crippen LogP contribution in [0, 0.1) is 13.8 Å². The van der Waals surface area contributed by atoms with E-state index in [-0.39, 0.29) is 12.4 Å². The maximum absolute atomic E-state index is 10.0. The molecular weight excluding hydrogens is 278 g/mol. The highest BCUT2D eigenvalue weighted by Gasteiger charge is 2.15. The summed E-state index contributed by atoms with van der Waals surface area (Å²) in [5, 5.41) is 10.0. The van der Waals surface area contributed by atoms with Crippen molar-refractivity contribution in [2.75, 3.05) is 39.5 Å². The predicted octanol–water partition coefficient (Wildman–Crippen LogP) is 1.80. The normalized spacial score (nSPS) is 17.4. The molecule has 1 heterocycles. The lowest BCUT2D eigenvalue weighted by Crippen LogP contribution is -2.42. The topological polar surface area (TPSA) is 41.9 Å². The average molecular weight is 302 g/mol. The lowest BCUT2D eigenvalue weighted by molar-refractivity contribution is 0.00460. The van der Waals surface area contributed by atoms with Crippen LogP contribution in [-0.2, 0) is 4.74 Å². The van der Waals surface area contributed by atoms with Crippen molar-refractivity contribution < 1.29 is 14.6 Å². The molecule has 20 heavy (non-hydrogen) atoms. The van der Waals surface area contributed by atoms with Crippen LogP contribution in [0.3, 0.4) is 0 Å². The predicted molar refractivity (Wildman–Crippen MR) is 81.9 cm³/mol. The minimum Gasteiger partial charge on any atom is -0.491 e. The van der Waals surface area contributed by atoms with Gasteiger partial charge in [0, 0.05) is 19.6 Å². The van der Waals surface area contributed by atoms with Crippen molar-refractivity contribution in [3.8, 4) is 5.75 Å². The molecule has 4 nitrogen and oxygen atoms in total. The number of aliphatic hydroxyl groups is 1. The first kappa shape index (κ1) is 17.2. The minimum atomic E-state index is -0.459. The van der Waals surface area contributed by atoms with Gasteiger partial charge in [-0.1, -0.05) is 17.7 Å². The standard InChI is InChI=1S/C15H23NO3.ClH/c1-12-3-4-15(13(2)9-12)19-11-14(17)10-16-5-7-18-8-6-16;/h3-4,9,14,17H,5-8,10-11H2,1-2H3;1H. The minimum absolute atomic E-state index is 0. The Kier molecular flexibility index (Phi) is 7.30. The first-order valence-corrected chi connectivity index (χ1v) is 6.83. The van der Waals surface area contributed by atoms with E-state index in [1.165, 1.54) is 5.56 Å². The van der Waals surface area contributed by atoms with E-state index in [0.29, 0.717) is 13.2 Å². The summed E-state index contributed by atoms with van der Waals surface area (Å²) in [7, 11) is 0. The number of hydrogen-bond donors (Lipinski definition) is 1. The molecule has 1 N–H and O–H groups in total. The third-order valence-electron chi connectivity index (χ3n) is 3.33. The summed E-state index contributed by atoms with van der Waals surface area (Å²) >= 11 is 0. The molecule has 1 aromatic carbocycles. The highest BCUT2D eigenvalue weighted by Crippen LogP contribution is 2.18. The van der Waals surface area contributed by atoms with Gasteiger partial charge in [-0.2, -0.15) is 0 Å². The van der Waals surface area contributed by atoms with Crippen LogP contribution in [-0.4, -0.2) is 55.6 Å². The molecule has 0 bridgehead atoms. The fraction of sp³-hybridized carbons (Fsp3) is 0.600. The largest absolute Gasteiger partial charge is 0.491 e. The molecule has 1 saturated heterocycles. The summed E-state index contributed by atoms with van der Waals surface area (Å²) in [6, 6.07) is 6.08. The second-order valence-corrected chi connectivity index (χ2v) is 5.15. The second-order valence-electron chi connectivity index (χ2n) is 5.15. The molecular formula is C15H24ClNO3. The summed E-state index contributed by atoms with van der Waals surface area (Å²) in [6.07, 6.45) is -0.459. The van der Waals surface area contributed by atoms with Gasteiger partial charge in [0.05, 0.1) is 13.2 Å². The third kappa shape index (κ3) is 5.29. The summed E-state index contributed by atoms with van der Waals surface area (Å²) in [6.45, 7) is 8.35. The molecule has 114 valence electrons. The van der Waals surface area contributed by atoms with Gasteiger partial charge < -0.3 is 14.6 Å². The number of β-amino-alcohol motifs (C(OH)–C–C–N with tert-alkyl or cyclic N) is 1. The van der Waals surface area contributed by atoms with Gasteiger partial charge in [0.15, 0.2) is 0 Å². The van der Waals surface area contributed by atoms with E-state index in [1.807, 2.05) is 19.1 Å². The molecule has 5 heteroatoms. The molecule has 1 aliphatic rings. The first-order chi connectivity index (χ1) is 9.15. The molecule has 1 fully saturated rings. The maximum atomic E-state index is 10.0. The van der Waals surface area contributed by atoms with Gasteiger partial charge in [-0.05, 0) is 25.5 Å². The van der Waals surface area contributed by atoms with Crippen LogP contribution in [0.4, 0.5) is 0 Å². The van der Waals surface area contributed by atoms with E-state index in [2.05, 4.69) is 17.9 Å². The number of aryl methyl sites for hydroxylation is 2. The van der Waals surface area contributed by atoms with Gasteiger partial charge in [0.1, 0.15) is 18.5 Å². The number of benzene rings is 1. The molecule has 0 aliphatic carbocycles. The third-order valence-corrected chi connectivity index (χ3v) is 3.33. The Hall–Kier alpha value is -0.810. The van der Waals surface area contributed by atoms with E-state index in [1.54, 1.807) is 0 Å². The Balaban J connectivity index is 0.00000200. The monoisotopic (exact) mass is 301 g/mol. The van der Waals surface area contributed by atoms with Crippen molar-refractivity contribution in [2.45, 2.75) is 20.0 Å². The fourth-order valence-corrected chi connectivity index (χ4v) is 2.28. The van der Waals surface area contributed by atoms with Crippen molar-refractivity contribution in [1.29, 1.82) is 0 Å². The van der Waals surface area contributed by atoms with Gasteiger partial charge in [0.2, 0.25) is 0 Å². The van der Waals surface area contributed by atoms with Crippen molar-refractivity contribution >= 4 is 12.4 Å². The van der Waals surface area contributed by atoms with Crippen molar-refractivity contribution in [3.63, 3.8) is 0 Å². The van der Waals surface area contributed by atoms with E-state index < -0.39 is 6.10 Å². The summed E-state index contributed by atoms with van der Waals surface area (Å²) in [4.78, 5) is 2.21. The van der Waals surface area contributed by atoms with Crippen molar-refractivity contribution in [2.24, 2.45) is 0 Å². The van der Waals surface area contributed by atoms with E-state index >= 15 is 0 Å². The Morgan fingerprint density at radius 2 is 2.00 bits per heavy atom. The smallest absolute Gasteiger partial charge is 0.122 e. The molecule has 1 aromatic rings. The average Bonchev–Trinajstić information content (AvgIpc) is 2.39. The van der Waals surface area contributed by atoms with Crippen LogP contribution in [0.5, 0.6) is 5.75 Å². The number of aliphatic hydroxyl groups excluding tert-OH is 1. The highest BCUT2D eigenvalue weighted by atomic mass is 35.5. The molecule has 0 saturated carbocycles. The summed E-state index contributed by atoms with van der Waals surface area (Å²) in [5.74, 6) is 0.853. The maximum Gasteiger partial charge on any atom is 0.122 e. The number of morpholine rings is 1.